The van der Waals surface area contributed by atoms with Crippen LogP contribution in [0, 0.1) is 0 Å². The molecule has 0 unspecified atom stereocenters. The molecular formula is C19H21N3O4. The lowest BCUT2D eigenvalue weighted by molar-refractivity contribution is -0.114. The summed E-state index contributed by atoms with van der Waals surface area (Å²) in [4.78, 5) is 39.8. The molecule has 0 bridgehead atoms. The smallest absolute Gasteiger partial charge is 0.289 e. The highest BCUT2D eigenvalue weighted by molar-refractivity contribution is 5.97. The van der Waals surface area contributed by atoms with E-state index in [0.717, 1.165) is 0 Å². The number of nitrogens with zero attached hydrogens (tertiary/aromatic N) is 2. The Kier molecular flexibility index (Phi) is 5.36. The van der Waals surface area contributed by atoms with E-state index in [1.165, 1.54) is 13.2 Å². The van der Waals surface area contributed by atoms with Gasteiger partial charge < -0.3 is 19.5 Å². The van der Waals surface area contributed by atoms with E-state index in [1.807, 2.05) is 0 Å². The minimum atomic E-state index is -0.184. The van der Waals surface area contributed by atoms with E-state index in [1.54, 1.807) is 46.2 Å². The van der Waals surface area contributed by atoms with E-state index in [-0.39, 0.29) is 17.7 Å². The number of hydrogen-bond acceptors (Lipinski definition) is 4. The number of carbonyl (C=O) groups excluding carboxylic acids is 3. The minimum Gasteiger partial charge on any atom is -0.459 e. The number of anilines is 1. The number of hydrogen-bond donors (Lipinski definition) is 1. The number of furan rings is 1. The molecule has 0 saturated carbocycles. The van der Waals surface area contributed by atoms with Gasteiger partial charge in [-0.1, -0.05) is 6.07 Å². The van der Waals surface area contributed by atoms with E-state index < -0.39 is 0 Å². The third-order valence-electron chi connectivity index (χ3n) is 4.23. The van der Waals surface area contributed by atoms with Crippen molar-refractivity contribution in [2.75, 3.05) is 31.5 Å². The molecule has 3 amide bonds. The van der Waals surface area contributed by atoms with Gasteiger partial charge in [-0.3, -0.25) is 14.4 Å². The molecular weight excluding hydrogens is 334 g/mol. The molecule has 26 heavy (non-hydrogen) atoms. The fraction of sp³-hybridized carbons (Fsp3) is 0.316. The van der Waals surface area contributed by atoms with Crippen LogP contribution in [-0.4, -0.2) is 53.7 Å². The summed E-state index contributed by atoms with van der Waals surface area (Å²) >= 11 is 0. The van der Waals surface area contributed by atoms with Gasteiger partial charge in [-0.2, -0.15) is 0 Å². The molecule has 1 N–H and O–H groups in total. The number of amides is 3. The second kappa shape index (κ2) is 7.86. The molecule has 1 saturated heterocycles. The van der Waals surface area contributed by atoms with Crippen LogP contribution in [0.3, 0.4) is 0 Å². The number of benzene rings is 1. The van der Waals surface area contributed by atoms with Crippen molar-refractivity contribution in [3.63, 3.8) is 0 Å². The first-order valence-corrected chi connectivity index (χ1v) is 8.54. The van der Waals surface area contributed by atoms with Gasteiger partial charge in [-0.15, -0.1) is 0 Å². The monoisotopic (exact) mass is 355 g/mol. The summed E-state index contributed by atoms with van der Waals surface area (Å²) in [6.45, 7) is 3.49. The maximum atomic E-state index is 12.8. The highest BCUT2D eigenvalue weighted by atomic mass is 16.3. The summed E-state index contributed by atoms with van der Waals surface area (Å²) < 4.78 is 5.17. The van der Waals surface area contributed by atoms with Gasteiger partial charge in [0.2, 0.25) is 5.91 Å². The Labute approximate surface area is 151 Å². The molecule has 7 heteroatoms. The van der Waals surface area contributed by atoms with Gasteiger partial charge in [0.25, 0.3) is 11.8 Å². The largest absolute Gasteiger partial charge is 0.459 e. The van der Waals surface area contributed by atoms with Crippen molar-refractivity contribution in [2.45, 2.75) is 13.3 Å². The van der Waals surface area contributed by atoms with Crippen molar-refractivity contribution in [1.82, 2.24) is 9.80 Å². The van der Waals surface area contributed by atoms with Crippen molar-refractivity contribution in [2.24, 2.45) is 0 Å². The molecule has 1 fully saturated rings. The average Bonchev–Trinajstić information content (AvgIpc) is 3.05. The van der Waals surface area contributed by atoms with E-state index in [2.05, 4.69) is 5.32 Å². The number of carbonyl (C=O) groups is 3. The second-order valence-electron chi connectivity index (χ2n) is 6.18. The van der Waals surface area contributed by atoms with Gasteiger partial charge in [0.05, 0.1) is 6.26 Å². The predicted molar refractivity (Wildman–Crippen MR) is 95.9 cm³/mol. The van der Waals surface area contributed by atoms with E-state index >= 15 is 0 Å². The highest BCUT2D eigenvalue weighted by Crippen LogP contribution is 2.15. The zero-order valence-electron chi connectivity index (χ0n) is 14.6. The Morgan fingerprint density at radius 2 is 1.69 bits per heavy atom. The quantitative estimate of drug-likeness (QED) is 0.915. The first-order valence-electron chi connectivity index (χ1n) is 8.54. The summed E-state index contributed by atoms with van der Waals surface area (Å²) in [6.07, 6.45) is 2.17. The van der Waals surface area contributed by atoms with Crippen LogP contribution < -0.4 is 5.32 Å². The summed E-state index contributed by atoms with van der Waals surface area (Å²) in [5.41, 5.74) is 1.11. The zero-order valence-corrected chi connectivity index (χ0v) is 14.6. The fourth-order valence-corrected chi connectivity index (χ4v) is 3.00. The standard InChI is InChI=1S/C19H21N3O4/c1-14(23)20-16-6-2-5-15(13-16)18(24)21-8-4-9-22(11-10-21)19(25)17-7-3-12-26-17/h2-3,5-7,12-13H,4,8-11H2,1H3,(H,20,23). The van der Waals surface area contributed by atoms with Crippen molar-refractivity contribution in [3.05, 3.63) is 54.0 Å². The molecule has 1 aliphatic rings. The fourth-order valence-electron chi connectivity index (χ4n) is 3.00. The van der Waals surface area contributed by atoms with Gasteiger partial charge >= 0.3 is 0 Å². The van der Waals surface area contributed by atoms with Gasteiger partial charge in [0, 0.05) is 44.4 Å². The van der Waals surface area contributed by atoms with Gasteiger partial charge in [-0.25, -0.2) is 0 Å². The lowest BCUT2D eigenvalue weighted by Gasteiger charge is -2.22. The Morgan fingerprint density at radius 1 is 0.962 bits per heavy atom. The van der Waals surface area contributed by atoms with Crippen molar-refractivity contribution < 1.29 is 18.8 Å². The Morgan fingerprint density at radius 3 is 2.35 bits per heavy atom. The molecule has 136 valence electrons. The maximum Gasteiger partial charge on any atom is 0.289 e. The summed E-state index contributed by atoms with van der Waals surface area (Å²) in [5, 5.41) is 2.68. The average molecular weight is 355 g/mol. The van der Waals surface area contributed by atoms with Gasteiger partial charge in [0.15, 0.2) is 5.76 Å². The van der Waals surface area contributed by atoms with Crippen LogP contribution in [0.15, 0.2) is 47.1 Å². The topological polar surface area (TPSA) is 82.9 Å². The normalized spacial score (nSPS) is 14.7. The van der Waals surface area contributed by atoms with Crippen molar-refractivity contribution in [3.8, 4) is 0 Å². The highest BCUT2D eigenvalue weighted by Gasteiger charge is 2.24. The summed E-state index contributed by atoms with van der Waals surface area (Å²) in [6, 6.07) is 10.2. The molecule has 0 atom stereocenters. The van der Waals surface area contributed by atoms with E-state index in [9.17, 15) is 14.4 Å². The third-order valence-corrected chi connectivity index (χ3v) is 4.23. The molecule has 0 aliphatic carbocycles. The molecule has 1 aromatic heterocycles. The number of nitrogens with one attached hydrogen (secondary N) is 1. The van der Waals surface area contributed by atoms with Crippen LogP contribution in [0.5, 0.6) is 0 Å². The van der Waals surface area contributed by atoms with Gasteiger partial charge in [-0.05, 0) is 36.8 Å². The summed E-state index contributed by atoms with van der Waals surface area (Å²) in [7, 11) is 0. The Bertz CT molecular complexity index is 801. The molecule has 3 rings (SSSR count). The number of rotatable bonds is 3. The summed E-state index contributed by atoms with van der Waals surface area (Å²) in [5.74, 6) is -0.134. The lowest BCUT2D eigenvalue weighted by Crippen LogP contribution is -2.37. The molecule has 0 spiro atoms. The molecule has 2 aromatic rings. The second-order valence-corrected chi connectivity index (χ2v) is 6.18. The predicted octanol–water partition coefficient (Wildman–Crippen LogP) is 2.23. The van der Waals surface area contributed by atoms with Crippen LogP contribution in [0.1, 0.15) is 34.3 Å². The SMILES string of the molecule is CC(=O)Nc1cccc(C(=O)N2CCCN(C(=O)c3ccco3)CC2)c1. The van der Waals surface area contributed by atoms with Crippen LogP contribution in [0.4, 0.5) is 5.69 Å². The zero-order chi connectivity index (χ0) is 18.5. The molecule has 1 aliphatic heterocycles. The molecule has 0 radical (unpaired) electrons. The molecule has 7 nitrogen and oxygen atoms in total. The molecule has 2 heterocycles. The van der Waals surface area contributed by atoms with Crippen molar-refractivity contribution in [1.29, 1.82) is 0 Å². The van der Waals surface area contributed by atoms with Crippen molar-refractivity contribution >= 4 is 23.4 Å². The van der Waals surface area contributed by atoms with E-state index in [0.29, 0.717) is 49.6 Å². The first-order chi connectivity index (χ1) is 12.5. The maximum absolute atomic E-state index is 12.8. The Balaban J connectivity index is 1.66. The van der Waals surface area contributed by atoms with Gasteiger partial charge in [0.1, 0.15) is 0 Å². The van der Waals surface area contributed by atoms with Crippen LogP contribution in [0.2, 0.25) is 0 Å². The Hall–Kier alpha value is -3.09. The third kappa shape index (κ3) is 4.11. The lowest BCUT2D eigenvalue weighted by atomic mass is 10.1. The minimum absolute atomic E-state index is 0.107. The first kappa shape index (κ1) is 17.7. The van der Waals surface area contributed by atoms with Crippen LogP contribution >= 0.6 is 0 Å². The van der Waals surface area contributed by atoms with Crippen LogP contribution in [0.25, 0.3) is 0 Å². The van der Waals surface area contributed by atoms with E-state index in [4.69, 9.17) is 4.42 Å². The van der Waals surface area contributed by atoms with Crippen LogP contribution in [-0.2, 0) is 4.79 Å². The molecule has 1 aromatic carbocycles.